The zero-order valence-corrected chi connectivity index (χ0v) is 15.1. The van der Waals surface area contributed by atoms with Crippen LogP contribution >= 0.6 is 0 Å². The average molecular weight is 338 g/mol. The predicted octanol–water partition coefficient (Wildman–Crippen LogP) is 2.69. The van der Waals surface area contributed by atoms with E-state index in [-0.39, 0.29) is 0 Å². The van der Waals surface area contributed by atoms with Crippen molar-refractivity contribution in [2.24, 2.45) is 10.7 Å². The van der Waals surface area contributed by atoms with Crippen LogP contribution in [0.2, 0.25) is 0 Å². The van der Waals surface area contributed by atoms with Crippen LogP contribution in [0.1, 0.15) is 34.0 Å². The molecule has 5 heteroatoms. The van der Waals surface area contributed by atoms with Crippen molar-refractivity contribution < 1.29 is 4.79 Å². The van der Waals surface area contributed by atoms with Gasteiger partial charge in [0.25, 0.3) is 0 Å². The van der Waals surface area contributed by atoms with Gasteiger partial charge in [0.2, 0.25) is 5.91 Å². The van der Waals surface area contributed by atoms with Gasteiger partial charge >= 0.3 is 0 Å². The van der Waals surface area contributed by atoms with E-state index < -0.39 is 5.91 Å². The lowest BCUT2D eigenvalue weighted by Crippen LogP contribution is -2.38. The Morgan fingerprint density at radius 3 is 2.52 bits per heavy atom. The Labute approximate surface area is 149 Å². The maximum absolute atomic E-state index is 11.3. The molecule has 0 aliphatic rings. The third-order valence-electron chi connectivity index (χ3n) is 3.86. The molecule has 2 aromatic carbocycles. The van der Waals surface area contributed by atoms with E-state index in [4.69, 9.17) is 5.73 Å². The van der Waals surface area contributed by atoms with Crippen molar-refractivity contribution in [3.8, 4) is 0 Å². The lowest BCUT2D eigenvalue weighted by Gasteiger charge is -2.22. The first-order valence-corrected chi connectivity index (χ1v) is 8.43. The predicted molar refractivity (Wildman–Crippen MR) is 102 cm³/mol. The lowest BCUT2D eigenvalue weighted by molar-refractivity contribution is 0.1000. The van der Waals surface area contributed by atoms with Gasteiger partial charge in [0, 0.05) is 25.7 Å². The zero-order chi connectivity index (χ0) is 18.2. The first kappa shape index (κ1) is 18.5. The quantitative estimate of drug-likeness (QED) is 0.628. The summed E-state index contributed by atoms with van der Waals surface area (Å²) in [5.74, 6) is 0.404. The van der Waals surface area contributed by atoms with Crippen molar-refractivity contribution in [3.05, 3.63) is 70.8 Å². The van der Waals surface area contributed by atoms with E-state index in [0.717, 1.165) is 24.6 Å². The van der Waals surface area contributed by atoms with Gasteiger partial charge in [-0.1, -0.05) is 42.0 Å². The van der Waals surface area contributed by atoms with E-state index in [2.05, 4.69) is 46.4 Å². The van der Waals surface area contributed by atoms with Crippen LogP contribution in [0.4, 0.5) is 0 Å². The molecule has 3 N–H and O–H groups in total. The molecule has 25 heavy (non-hydrogen) atoms. The molecule has 2 aromatic rings. The van der Waals surface area contributed by atoms with E-state index in [1.54, 1.807) is 12.1 Å². The number of nitrogens with one attached hydrogen (secondary N) is 1. The van der Waals surface area contributed by atoms with Crippen molar-refractivity contribution >= 4 is 11.9 Å². The molecule has 0 fully saturated rings. The Balaban J connectivity index is 2.10. The topological polar surface area (TPSA) is 70.7 Å². The summed E-state index contributed by atoms with van der Waals surface area (Å²) >= 11 is 0. The normalized spacial score (nSPS) is 11.2. The minimum Gasteiger partial charge on any atom is -0.366 e. The van der Waals surface area contributed by atoms with Crippen LogP contribution in [0, 0.1) is 6.92 Å². The van der Waals surface area contributed by atoms with Gasteiger partial charge in [0.05, 0.1) is 6.54 Å². The van der Waals surface area contributed by atoms with Gasteiger partial charge < -0.3 is 16.0 Å². The summed E-state index contributed by atoms with van der Waals surface area (Å²) in [5.41, 5.74) is 9.28. The molecule has 0 saturated carbocycles. The molecule has 0 heterocycles. The van der Waals surface area contributed by atoms with Crippen LogP contribution < -0.4 is 11.1 Å². The van der Waals surface area contributed by atoms with Crippen molar-refractivity contribution in [1.29, 1.82) is 0 Å². The molecular weight excluding hydrogens is 312 g/mol. The summed E-state index contributed by atoms with van der Waals surface area (Å²) in [5, 5.41) is 3.31. The van der Waals surface area contributed by atoms with Gasteiger partial charge in [-0.3, -0.25) is 4.79 Å². The van der Waals surface area contributed by atoms with E-state index in [9.17, 15) is 4.79 Å². The number of nitrogens with zero attached hydrogens (tertiary/aromatic N) is 2. The number of guanidine groups is 1. The van der Waals surface area contributed by atoms with E-state index >= 15 is 0 Å². The number of aliphatic imine (C=N–C) groups is 1. The number of amides is 1. The Hall–Kier alpha value is -2.82. The van der Waals surface area contributed by atoms with Gasteiger partial charge in [-0.05, 0) is 37.1 Å². The van der Waals surface area contributed by atoms with Crippen LogP contribution in [-0.4, -0.2) is 30.4 Å². The molecule has 5 nitrogen and oxygen atoms in total. The first-order chi connectivity index (χ1) is 12.0. The van der Waals surface area contributed by atoms with Gasteiger partial charge in [-0.25, -0.2) is 4.99 Å². The molecule has 1 amide bonds. The van der Waals surface area contributed by atoms with Crippen LogP contribution in [0.25, 0.3) is 0 Å². The molecular formula is C20H26N4O. The molecule has 0 spiro atoms. The summed E-state index contributed by atoms with van der Waals surface area (Å²) < 4.78 is 0. The van der Waals surface area contributed by atoms with Crippen molar-refractivity contribution in [3.63, 3.8) is 0 Å². The Kier molecular flexibility index (Phi) is 6.57. The highest BCUT2D eigenvalue weighted by Crippen LogP contribution is 2.08. The van der Waals surface area contributed by atoms with Gasteiger partial charge in [0.1, 0.15) is 0 Å². The SMILES string of the molecule is CCNC(=NCc1cccc(C(N)=O)c1)N(C)Cc1ccc(C)cc1. The summed E-state index contributed by atoms with van der Waals surface area (Å²) in [7, 11) is 2.02. The third kappa shape index (κ3) is 5.64. The fourth-order valence-electron chi connectivity index (χ4n) is 2.50. The number of benzene rings is 2. The van der Waals surface area contributed by atoms with Crippen molar-refractivity contribution in [1.82, 2.24) is 10.2 Å². The number of carbonyl (C=O) groups excluding carboxylic acids is 1. The Morgan fingerprint density at radius 1 is 1.16 bits per heavy atom. The molecule has 0 bridgehead atoms. The monoisotopic (exact) mass is 338 g/mol. The summed E-state index contributed by atoms with van der Waals surface area (Å²) in [6.45, 7) is 6.18. The minimum absolute atomic E-state index is 0.422. The second-order valence-electron chi connectivity index (χ2n) is 6.08. The van der Waals surface area contributed by atoms with E-state index in [1.165, 1.54) is 11.1 Å². The molecule has 0 aliphatic heterocycles. The molecule has 0 radical (unpaired) electrons. The maximum atomic E-state index is 11.3. The number of hydrogen-bond donors (Lipinski definition) is 2. The van der Waals surface area contributed by atoms with Crippen LogP contribution in [-0.2, 0) is 13.1 Å². The number of nitrogens with two attached hydrogens (primary N) is 1. The standard InChI is InChI=1S/C20H26N4O/c1-4-22-20(24(3)14-16-10-8-15(2)9-11-16)23-13-17-6-5-7-18(12-17)19(21)25/h5-12H,4,13-14H2,1-3H3,(H2,21,25)(H,22,23). The molecule has 0 atom stereocenters. The number of primary amides is 1. The summed E-state index contributed by atoms with van der Waals surface area (Å²) in [6, 6.07) is 15.8. The highest BCUT2D eigenvalue weighted by Gasteiger charge is 2.07. The average Bonchev–Trinajstić information content (AvgIpc) is 2.60. The number of hydrogen-bond acceptors (Lipinski definition) is 2. The van der Waals surface area contributed by atoms with Crippen LogP contribution in [0.15, 0.2) is 53.5 Å². The van der Waals surface area contributed by atoms with Gasteiger partial charge in [-0.15, -0.1) is 0 Å². The maximum Gasteiger partial charge on any atom is 0.248 e. The second kappa shape index (κ2) is 8.87. The van der Waals surface area contributed by atoms with E-state index in [0.29, 0.717) is 12.1 Å². The summed E-state index contributed by atoms with van der Waals surface area (Å²) in [6.07, 6.45) is 0. The lowest BCUT2D eigenvalue weighted by atomic mass is 10.1. The fourth-order valence-corrected chi connectivity index (χ4v) is 2.50. The van der Waals surface area contributed by atoms with Crippen LogP contribution in [0.5, 0.6) is 0 Å². The first-order valence-electron chi connectivity index (χ1n) is 8.43. The highest BCUT2D eigenvalue weighted by atomic mass is 16.1. The highest BCUT2D eigenvalue weighted by molar-refractivity contribution is 5.92. The zero-order valence-electron chi connectivity index (χ0n) is 15.1. The van der Waals surface area contributed by atoms with Crippen molar-refractivity contribution in [2.45, 2.75) is 26.9 Å². The molecule has 0 unspecified atom stereocenters. The van der Waals surface area contributed by atoms with E-state index in [1.807, 2.05) is 26.1 Å². The molecule has 2 rings (SSSR count). The van der Waals surface area contributed by atoms with Crippen LogP contribution in [0.3, 0.4) is 0 Å². The summed E-state index contributed by atoms with van der Waals surface area (Å²) in [4.78, 5) is 18.1. The molecule has 0 aliphatic carbocycles. The van der Waals surface area contributed by atoms with Crippen molar-refractivity contribution in [2.75, 3.05) is 13.6 Å². The largest absolute Gasteiger partial charge is 0.366 e. The molecule has 132 valence electrons. The second-order valence-corrected chi connectivity index (χ2v) is 6.08. The smallest absolute Gasteiger partial charge is 0.248 e. The minimum atomic E-state index is -0.422. The van der Waals surface area contributed by atoms with Gasteiger partial charge in [0.15, 0.2) is 5.96 Å². The Bertz CT molecular complexity index is 738. The third-order valence-corrected chi connectivity index (χ3v) is 3.86. The van der Waals surface area contributed by atoms with Gasteiger partial charge in [-0.2, -0.15) is 0 Å². The fraction of sp³-hybridized carbons (Fsp3) is 0.300. The number of carbonyl (C=O) groups is 1. The number of aryl methyl sites for hydroxylation is 1. The molecule has 0 aromatic heterocycles. The molecule has 0 saturated heterocycles. The Morgan fingerprint density at radius 2 is 1.88 bits per heavy atom. The number of rotatable bonds is 6.